The van der Waals surface area contributed by atoms with Gasteiger partial charge in [-0.3, -0.25) is 14.4 Å². The summed E-state index contributed by atoms with van der Waals surface area (Å²) >= 11 is 8.72. The van der Waals surface area contributed by atoms with Crippen molar-refractivity contribution in [1.82, 2.24) is 15.2 Å². The molecule has 0 saturated carbocycles. The molecule has 2 saturated heterocycles. The van der Waals surface area contributed by atoms with Gasteiger partial charge in [0.2, 0.25) is 12.5 Å². The van der Waals surface area contributed by atoms with Gasteiger partial charge in [0.15, 0.2) is 16.9 Å². The Bertz CT molecular complexity index is 1610. The summed E-state index contributed by atoms with van der Waals surface area (Å²) in [7, 11) is 0. The lowest BCUT2D eigenvalue weighted by Gasteiger charge is -2.53. The molecule has 3 atom stereocenters. The first kappa shape index (κ1) is 32.7. The quantitative estimate of drug-likeness (QED) is 0.112. The zero-order chi connectivity index (χ0) is 32.1. The average Bonchev–Trinajstić information content (AvgIpc) is 3.46. The second-order valence-electron chi connectivity index (χ2n) is 9.99. The van der Waals surface area contributed by atoms with Gasteiger partial charge < -0.3 is 30.6 Å². The number of carbonyl (C=O) groups excluding carboxylic acids is 3. The maximum Gasteiger partial charge on any atom is 0.347 e. The van der Waals surface area contributed by atoms with Crippen molar-refractivity contribution in [1.29, 1.82) is 0 Å². The SMILES string of the molecule is Nc1nc(C(=NOCC(=O)OC(c2ccccc2)c2ccccc2)C(=O)NC2C(=O)N3CC(C=C(Br)Br)(C(=O)O)CS[C@H]23)cs1. The van der Waals surface area contributed by atoms with E-state index < -0.39 is 53.3 Å². The number of ether oxygens (including phenoxy) is 1. The van der Waals surface area contributed by atoms with E-state index >= 15 is 0 Å². The number of hydrogen-bond donors (Lipinski definition) is 3. The number of aliphatic carboxylic acids is 1. The van der Waals surface area contributed by atoms with Crippen molar-refractivity contribution in [3.63, 3.8) is 0 Å². The number of carboxylic acid groups (broad SMARTS) is 1. The molecule has 2 fully saturated rings. The number of carboxylic acids is 1. The number of nitrogens with zero attached hydrogens (tertiary/aromatic N) is 3. The van der Waals surface area contributed by atoms with E-state index in [0.29, 0.717) is 3.39 Å². The van der Waals surface area contributed by atoms with E-state index in [2.05, 4.69) is 47.3 Å². The molecule has 2 unspecified atom stereocenters. The van der Waals surface area contributed by atoms with Crippen molar-refractivity contribution >= 4 is 89.6 Å². The lowest BCUT2D eigenvalue weighted by molar-refractivity contribution is -0.156. The Morgan fingerprint density at radius 3 is 2.36 bits per heavy atom. The molecule has 0 spiro atoms. The predicted molar refractivity (Wildman–Crippen MR) is 176 cm³/mol. The van der Waals surface area contributed by atoms with Crippen molar-refractivity contribution in [3.8, 4) is 0 Å². The Morgan fingerprint density at radius 1 is 1.16 bits per heavy atom. The van der Waals surface area contributed by atoms with Crippen LogP contribution in [-0.2, 0) is 28.8 Å². The smallest absolute Gasteiger partial charge is 0.347 e. The topological polar surface area (TPSA) is 174 Å². The number of esters is 1. The molecule has 2 amide bonds. The van der Waals surface area contributed by atoms with Crippen LogP contribution >= 0.6 is 55.0 Å². The molecule has 2 aromatic carbocycles. The summed E-state index contributed by atoms with van der Waals surface area (Å²) in [6, 6.07) is 17.5. The fourth-order valence-corrected chi connectivity index (χ4v) is 7.72. The van der Waals surface area contributed by atoms with Crippen LogP contribution < -0.4 is 11.1 Å². The van der Waals surface area contributed by atoms with E-state index in [9.17, 15) is 24.3 Å². The Hall–Kier alpha value is -3.73. The van der Waals surface area contributed by atoms with E-state index in [-0.39, 0.29) is 28.8 Å². The highest BCUT2D eigenvalue weighted by Crippen LogP contribution is 2.44. The van der Waals surface area contributed by atoms with Crippen molar-refractivity contribution in [3.05, 3.63) is 92.3 Å². The van der Waals surface area contributed by atoms with Gasteiger partial charge >= 0.3 is 11.9 Å². The second kappa shape index (κ2) is 14.1. The average molecular weight is 779 g/mol. The lowest BCUT2D eigenvalue weighted by atomic mass is 9.87. The summed E-state index contributed by atoms with van der Waals surface area (Å²) in [6.07, 6.45) is 0.805. The van der Waals surface area contributed by atoms with Gasteiger partial charge in [-0.05, 0) is 49.1 Å². The number of oxime groups is 1. The fourth-order valence-electron chi connectivity index (χ4n) is 4.79. The monoisotopic (exact) mass is 777 g/mol. The molecule has 12 nitrogen and oxygen atoms in total. The van der Waals surface area contributed by atoms with Crippen LogP contribution in [0.1, 0.15) is 22.9 Å². The number of hydrogen-bond acceptors (Lipinski definition) is 11. The summed E-state index contributed by atoms with van der Waals surface area (Å²) < 4.78 is 6.18. The Balaban J connectivity index is 1.26. The normalized spacial score (nSPS) is 20.9. The summed E-state index contributed by atoms with van der Waals surface area (Å²) in [5.41, 5.74) is 5.78. The third-order valence-corrected chi connectivity index (χ3v) is 9.66. The number of nitrogens with one attached hydrogen (secondary N) is 1. The van der Waals surface area contributed by atoms with E-state index in [1.807, 2.05) is 60.7 Å². The van der Waals surface area contributed by atoms with Gasteiger partial charge in [0.25, 0.3) is 5.91 Å². The van der Waals surface area contributed by atoms with Crippen molar-refractivity contribution < 1.29 is 33.9 Å². The van der Waals surface area contributed by atoms with Crippen LogP contribution in [0.3, 0.4) is 0 Å². The van der Waals surface area contributed by atoms with Gasteiger partial charge in [0.05, 0.1) is 3.39 Å². The number of rotatable bonds is 11. The second-order valence-corrected chi connectivity index (χ2v) is 14.8. The predicted octanol–water partition coefficient (Wildman–Crippen LogP) is 3.88. The molecule has 2 aliphatic rings. The van der Waals surface area contributed by atoms with Crippen molar-refractivity contribution in [2.75, 3.05) is 24.6 Å². The van der Waals surface area contributed by atoms with Gasteiger partial charge in [0, 0.05) is 17.7 Å². The molecule has 0 radical (unpaired) electrons. The molecular formula is C29H25Br2N5O7S2. The highest BCUT2D eigenvalue weighted by Gasteiger charge is 2.57. The third kappa shape index (κ3) is 7.40. The minimum absolute atomic E-state index is 0.0619. The number of thioether (sulfide) groups is 1. The molecule has 3 aromatic rings. The first-order valence-electron chi connectivity index (χ1n) is 13.3. The third-order valence-electron chi connectivity index (χ3n) is 6.98. The number of amides is 2. The number of nitrogen functional groups attached to an aromatic ring is 1. The molecule has 0 bridgehead atoms. The molecule has 3 heterocycles. The highest BCUT2D eigenvalue weighted by atomic mass is 79.9. The first-order chi connectivity index (χ1) is 21.6. The minimum atomic E-state index is -1.30. The van der Waals surface area contributed by atoms with Crippen LogP contribution in [0, 0.1) is 5.41 Å². The number of nitrogens with two attached hydrogens (primary N) is 1. The molecular weight excluding hydrogens is 754 g/mol. The Morgan fingerprint density at radius 2 is 1.80 bits per heavy atom. The van der Waals surface area contributed by atoms with E-state index in [4.69, 9.17) is 15.3 Å². The number of anilines is 1. The van der Waals surface area contributed by atoms with Crippen LogP contribution in [-0.4, -0.2) is 74.8 Å². The summed E-state index contributed by atoms with van der Waals surface area (Å²) in [4.78, 5) is 62.1. The molecule has 4 N–H and O–H groups in total. The number of β-lactam (4-membered cyclic amide) rings is 1. The molecule has 16 heteroatoms. The van der Waals surface area contributed by atoms with E-state index in [1.54, 1.807) is 0 Å². The molecule has 234 valence electrons. The van der Waals surface area contributed by atoms with Crippen LogP contribution in [0.25, 0.3) is 0 Å². The molecule has 5 rings (SSSR count). The standard InChI is InChI=1S/C29H25Br2N5O7S2/c30-19(31)11-29(27(40)41)14-36-25(39)22(26(36)45-15-29)34-24(38)21(18-13-44-28(32)33-18)35-42-12-20(37)43-23(16-7-3-1-4-8-16)17-9-5-2-6-10-17/h1-11,13,22-23,26H,12,14-15H2,(H2,32,33)(H,34,38)(H,40,41)/t22?,26-,29?/m1/s1. The number of benzene rings is 2. The van der Waals surface area contributed by atoms with E-state index in [0.717, 1.165) is 22.5 Å². The van der Waals surface area contributed by atoms with Crippen molar-refractivity contribution in [2.45, 2.75) is 17.5 Å². The minimum Gasteiger partial charge on any atom is -0.481 e. The lowest BCUT2D eigenvalue weighted by Crippen LogP contribution is -2.73. The number of thiazole rings is 1. The number of carbonyl (C=O) groups is 4. The molecule has 45 heavy (non-hydrogen) atoms. The zero-order valence-corrected chi connectivity index (χ0v) is 28.0. The van der Waals surface area contributed by atoms with E-state index in [1.165, 1.54) is 28.1 Å². The molecule has 0 aliphatic carbocycles. The van der Waals surface area contributed by atoms with Crippen molar-refractivity contribution in [2.24, 2.45) is 10.6 Å². The van der Waals surface area contributed by atoms with Crippen LogP contribution in [0.5, 0.6) is 0 Å². The maximum atomic E-state index is 13.4. The summed E-state index contributed by atoms with van der Waals surface area (Å²) in [5.74, 6) is -2.86. The van der Waals surface area contributed by atoms with Crippen LogP contribution in [0.4, 0.5) is 5.13 Å². The molecule has 2 aliphatic heterocycles. The van der Waals surface area contributed by atoms with Gasteiger partial charge in [-0.25, -0.2) is 9.78 Å². The Labute approximate surface area is 282 Å². The van der Waals surface area contributed by atoms with Gasteiger partial charge in [-0.15, -0.1) is 23.1 Å². The number of halogens is 2. The summed E-state index contributed by atoms with van der Waals surface area (Å²) in [6.45, 7) is -0.678. The zero-order valence-electron chi connectivity index (χ0n) is 23.2. The van der Waals surface area contributed by atoms with Gasteiger partial charge in [0.1, 0.15) is 22.5 Å². The number of fused-ring (bicyclic) bond motifs is 1. The largest absolute Gasteiger partial charge is 0.481 e. The number of aromatic nitrogens is 1. The fraction of sp³-hybridized carbons (Fsp3) is 0.241. The Kier molecular flexibility index (Phi) is 10.3. The highest BCUT2D eigenvalue weighted by molar-refractivity contribution is 9.28. The van der Waals surface area contributed by atoms with Gasteiger partial charge in [-0.2, -0.15) is 0 Å². The molecule has 1 aromatic heterocycles. The van der Waals surface area contributed by atoms with Gasteiger partial charge in [-0.1, -0.05) is 65.8 Å². The van der Waals surface area contributed by atoms with Crippen LogP contribution in [0.15, 0.2) is 80.7 Å². The summed E-state index contributed by atoms with van der Waals surface area (Å²) in [5, 5.41) is 17.6. The maximum absolute atomic E-state index is 13.4. The van der Waals surface area contributed by atoms with Crippen LogP contribution in [0.2, 0.25) is 0 Å². The first-order valence-corrected chi connectivity index (χ1v) is 16.8.